The lowest BCUT2D eigenvalue weighted by molar-refractivity contribution is -0.139. The molecule has 1 amide bonds. The highest BCUT2D eigenvalue weighted by Gasteiger charge is 2.65. The number of fused-ring (bicyclic) bond motifs is 8. The summed E-state index contributed by atoms with van der Waals surface area (Å²) in [6.45, 7) is 0. The molecular weight excluding hydrogens is 162 g/mol. The van der Waals surface area contributed by atoms with Crippen LogP contribution in [0.1, 0.15) is 25.7 Å². The number of amides is 1. The molecule has 3 saturated carbocycles. The quantitative estimate of drug-likeness (QED) is 0.553. The van der Waals surface area contributed by atoms with Crippen molar-refractivity contribution in [3.05, 3.63) is 0 Å². The third kappa shape index (κ3) is 0.598. The first-order valence-electron chi connectivity index (χ1n) is 5.66. The predicted molar refractivity (Wildman–Crippen MR) is 47.8 cm³/mol. The van der Waals surface area contributed by atoms with Crippen molar-refractivity contribution in [2.75, 3.05) is 0 Å². The average molecular weight is 177 g/mol. The van der Waals surface area contributed by atoms with Crippen LogP contribution in [0.2, 0.25) is 0 Å². The highest BCUT2D eigenvalue weighted by Crippen LogP contribution is 2.62. The predicted octanol–water partition coefficient (Wildman–Crippen LogP) is 1.17. The first-order chi connectivity index (χ1) is 6.36. The Balaban J connectivity index is 1.74. The minimum absolute atomic E-state index is 0.364. The van der Waals surface area contributed by atoms with Crippen molar-refractivity contribution in [2.24, 2.45) is 29.6 Å². The number of carbonyl (C=O) groups excluding carboxylic acids is 1. The molecule has 0 aromatic carbocycles. The maximum absolute atomic E-state index is 11.4. The molecule has 0 aromatic rings. The molecule has 6 unspecified atom stereocenters. The van der Waals surface area contributed by atoms with Crippen LogP contribution >= 0.6 is 0 Å². The van der Waals surface area contributed by atoms with Crippen molar-refractivity contribution in [3.8, 4) is 0 Å². The molecule has 4 rings (SSSR count). The Bertz CT molecular complexity index is 288. The van der Waals surface area contributed by atoms with Crippen molar-refractivity contribution in [3.63, 3.8) is 0 Å². The summed E-state index contributed by atoms with van der Waals surface area (Å²) in [5, 5.41) is 3.11. The Morgan fingerprint density at radius 1 is 1.08 bits per heavy atom. The van der Waals surface area contributed by atoms with E-state index in [9.17, 15) is 4.79 Å². The molecule has 70 valence electrons. The molecule has 2 heteroatoms. The van der Waals surface area contributed by atoms with E-state index in [1.165, 1.54) is 25.7 Å². The molecule has 2 nitrogen and oxygen atoms in total. The van der Waals surface area contributed by atoms with Gasteiger partial charge >= 0.3 is 0 Å². The van der Waals surface area contributed by atoms with E-state index in [4.69, 9.17) is 0 Å². The smallest absolute Gasteiger partial charge is 0.225 e. The number of nitrogens with one attached hydrogen (secondary N) is 1. The topological polar surface area (TPSA) is 29.1 Å². The summed E-state index contributed by atoms with van der Waals surface area (Å²) in [6.07, 6.45) is 5.66. The lowest BCUT2D eigenvalue weighted by Crippen LogP contribution is -2.63. The van der Waals surface area contributed by atoms with E-state index in [0.29, 0.717) is 17.9 Å². The van der Waals surface area contributed by atoms with E-state index in [2.05, 4.69) is 5.32 Å². The fourth-order valence-electron chi connectivity index (χ4n) is 4.82. The molecule has 0 aromatic heterocycles. The molecule has 4 aliphatic rings. The zero-order chi connectivity index (χ0) is 8.58. The second-order valence-corrected chi connectivity index (χ2v) is 5.38. The first kappa shape index (κ1) is 6.86. The molecule has 4 fully saturated rings. The number of rotatable bonds is 0. The van der Waals surface area contributed by atoms with Crippen LogP contribution in [-0.2, 0) is 4.79 Å². The normalized spacial score (nSPS) is 61.4. The average Bonchev–Trinajstić information content (AvgIpc) is 2.68. The largest absolute Gasteiger partial charge is 0.352 e. The van der Waals surface area contributed by atoms with E-state index in [-0.39, 0.29) is 0 Å². The fourth-order valence-corrected chi connectivity index (χ4v) is 4.82. The molecule has 13 heavy (non-hydrogen) atoms. The molecule has 3 aliphatic carbocycles. The van der Waals surface area contributed by atoms with E-state index in [0.717, 1.165) is 23.7 Å². The minimum atomic E-state index is 0.364. The van der Waals surface area contributed by atoms with Gasteiger partial charge in [0.05, 0.1) is 5.92 Å². The van der Waals surface area contributed by atoms with E-state index in [1.807, 2.05) is 0 Å². The van der Waals surface area contributed by atoms with Crippen molar-refractivity contribution in [1.82, 2.24) is 5.32 Å². The van der Waals surface area contributed by atoms with Gasteiger partial charge in [-0.2, -0.15) is 0 Å². The molecule has 6 atom stereocenters. The van der Waals surface area contributed by atoms with Gasteiger partial charge in [-0.3, -0.25) is 4.79 Å². The summed E-state index contributed by atoms with van der Waals surface area (Å²) < 4.78 is 0. The van der Waals surface area contributed by atoms with Gasteiger partial charge in [0, 0.05) is 6.04 Å². The fraction of sp³-hybridized carbons (Fsp3) is 0.909. The number of carbonyl (C=O) groups is 1. The van der Waals surface area contributed by atoms with Crippen LogP contribution in [0.15, 0.2) is 0 Å². The molecule has 0 radical (unpaired) electrons. The monoisotopic (exact) mass is 177 g/mol. The molecule has 1 heterocycles. The van der Waals surface area contributed by atoms with Gasteiger partial charge in [-0.25, -0.2) is 0 Å². The van der Waals surface area contributed by atoms with E-state index >= 15 is 0 Å². The maximum atomic E-state index is 11.4. The van der Waals surface area contributed by atoms with Gasteiger partial charge in [0.1, 0.15) is 0 Å². The summed E-state index contributed by atoms with van der Waals surface area (Å²) in [5.41, 5.74) is 0. The Morgan fingerprint density at radius 2 is 1.85 bits per heavy atom. The Kier molecular flexibility index (Phi) is 1.02. The van der Waals surface area contributed by atoms with Gasteiger partial charge in [0.2, 0.25) is 5.91 Å². The Labute approximate surface area is 78.1 Å². The zero-order valence-corrected chi connectivity index (χ0v) is 7.70. The Morgan fingerprint density at radius 3 is 2.62 bits per heavy atom. The van der Waals surface area contributed by atoms with Crippen LogP contribution in [0.4, 0.5) is 0 Å². The lowest BCUT2D eigenvalue weighted by atomic mass is 9.69. The summed E-state index contributed by atoms with van der Waals surface area (Å²) in [6, 6.07) is 0.608. The Hall–Kier alpha value is -0.530. The van der Waals surface area contributed by atoms with Crippen molar-refractivity contribution >= 4 is 5.91 Å². The van der Waals surface area contributed by atoms with Crippen molar-refractivity contribution < 1.29 is 4.79 Å². The molecule has 0 spiro atoms. The van der Waals surface area contributed by atoms with E-state index < -0.39 is 0 Å². The van der Waals surface area contributed by atoms with Gasteiger partial charge in [-0.15, -0.1) is 0 Å². The van der Waals surface area contributed by atoms with Gasteiger partial charge < -0.3 is 5.32 Å². The van der Waals surface area contributed by atoms with Crippen LogP contribution in [0.3, 0.4) is 0 Å². The van der Waals surface area contributed by atoms with Crippen LogP contribution in [0, 0.1) is 29.6 Å². The van der Waals surface area contributed by atoms with Gasteiger partial charge in [0.25, 0.3) is 0 Å². The SMILES string of the molecule is O=C1NC2C3CC(C4CCCC43)C12. The second-order valence-electron chi connectivity index (χ2n) is 5.38. The van der Waals surface area contributed by atoms with Gasteiger partial charge in [0.15, 0.2) is 0 Å². The first-order valence-corrected chi connectivity index (χ1v) is 5.66. The highest BCUT2D eigenvalue weighted by atomic mass is 16.2. The van der Waals surface area contributed by atoms with Gasteiger partial charge in [-0.05, 0) is 42.9 Å². The highest BCUT2D eigenvalue weighted by molar-refractivity contribution is 5.87. The van der Waals surface area contributed by atoms with E-state index in [1.54, 1.807) is 0 Å². The third-order valence-electron chi connectivity index (χ3n) is 5.19. The molecule has 1 aliphatic heterocycles. The zero-order valence-electron chi connectivity index (χ0n) is 7.70. The van der Waals surface area contributed by atoms with Crippen LogP contribution in [-0.4, -0.2) is 11.9 Å². The van der Waals surface area contributed by atoms with Gasteiger partial charge in [-0.1, -0.05) is 6.42 Å². The standard InChI is InChI=1S/C11H15NO/c13-11-9-7-4-8(10(9)12-11)6-3-1-2-5(6)7/h5-10H,1-4H2,(H,12,13). The molecular formula is C11H15NO. The number of hydrogen-bond donors (Lipinski definition) is 1. The summed E-state index contributed by atoms with van der Waals surface area (Å²) in [4.78, 5) is 11.4. The third-order valence-corrected chi connectivity index (χ3v) is 5.19. The number of β-lactam (4-membered cyclic amide) rings is 1. The maximum Gasteiger partial charge on any atom is 0.225 e. The molecule has 2 bridgehead atoms. The van der Waals surface area contributed by atoms with Crippen LogP contribution in [0.25, 0.3) is 0 Å². The number of hydrogen-bond acceptors (Lipinski definition) is 1. The van der Waals surface area contributed by atoms with Crippen molar-refractivity contribution in [2.45, 2.75) is 31.7 Å². The molecule has 1 N–H and O–H groups in total. The molecule has 1 saturated heterocycles. The second kappa shape index (κ2) is 1.94. The summed E-state index contributed by atoms with van der Waals surface area (Å²) in [5.74, 6) is 4.41. The summed E-state index contributed by atoms with van der Waals surface area (Å²) in [7, 11) is 0. The van der Waals surface area contributed by atoms with Crippen LogP contribution < -0.4 is 5.32 Å². The minimum Gasteiger partial charge on any atom is -0.352 e. The van der Waals surface area contributed by atoms with Crippen LogP contribution in [0.5, 0.6) is 0 Å². The lowest BCUT2D eigenvalue weighted by Gasteiger charge is -2.44. The van der Waals surface area contributed by atoms with Crippen molar-refractivity contribution in [1.29, 1.82) is 0 Å². The summed E-state index contributed by atoms with van der Waals surface area (Å²) >= 11 is 0.